The highest BCUT2D eigenvalue weighted by atomic mass is 35.5. The quantitative estimate of drug-likeness (QED) is 0.409. The lowest BCUT2D eigenvalue weighted by Crippen LogP contribution is -2.05. The fraction of sp³-hybridized carbons (Fsp3) is 0.667. The van der Waals surface area contributed by atoms with Crippen molar-refractivity contribution in [3.63, 3.8) is 0 Å². The van der Waals surface area contributed by atoms with Crippen molar-refractivity contribution in [2.75, 3.05) is 13.2 Å². The molecule has 0 saturated carbocycles. The van der Waals surface area contributed by atoms with E-state index in [0.717, 1.165) is 6.54 Å². The van der Waals surface area contributed by atoms with Crippen LogP contribution in [0.1, 0.15) is 0 Å². The summed E-state index contributed by atoms with van der Waals surface area (Å²) in [6, 6.07) is 0. The first-order chi connectivity index (χ1) is 2.89. The van der Waals surface area contributed by atoms with Gasteiger partial charge in [-0.2, -0.15) is 4.42 Å². The van der Waals surface area contributed by atoms with Crippen LogP contribution in [0.15, 0.2) is 4.99 Å². The summed E-state index contributed by atoms with van der Waals surface area (Å²) in [5.41, 5.74) is 0. The number of aliphatic imine (C=N–C) groups is 1. The van der Waals surface area contributed by atoms with Gasteiger partial charge in [-0.15, -0.1) is 0 Å². The van der Waals surface area contributed by atoms with Gasteiger partial charge in [0.25, 0.3) is 0 Å². The van der Waals surface area contributed by atoms with Crippen molar-refractivity contribution < 1.29 is 0 Å². The third-order valence-electron chi connectivity index (χ3n) is 0.644. The van der Waals surface area contributed by atoms with Gasteiger partial charge in [0.1, 0.15) is 6.67 Å². The molecule has 0 amide bonds. The molecule has 0 aromatic carbocycles. The molecular weight excluding hydrogens is 99.5 g/mol. The largest absolute Gasteiger partial charge is 0.279 e. The van der Waals surface area contributed by atoms with Crippen LogP contribution in [0.25, 0.3) is 0 Å². The SMILES string of the molecule is ClN1CC=NC1. The molecule has 0 bridgehead atoms. The molecule has 0 spiro atoms. The molecule has 6 heavy (non-hydrogen) atoms. The number of rotatable bonds is 0. The van der Waals surface area contributed by atoms with Crippen LogP contribution >= 0.6 is 11.8 Å². The van der Waals surface area contributed by atoms with E-state index in [4.69, 9.17) is 11.8 Å². The molecule has 0 radical (unpaired) electrons. The maximum Gasteiger partial charge on any atom is 0.105 e. The predicted molar refractivity (Wildman–Crippen MR) is 25.9 cm³/mol. The summed E-state index contributed by atoms with van der Waals surface area (Å²) >= 11 is 5.42. The summed E-state index contributed by atoms with van der Waals surface area (Å²) in [5.74, 6) is 0. The second-order valence-electron chi connectivity index (χ2n) is 1.15. The first kappa shape index (κ1) is 4.09. The Kier molecular flexibility index (Phi) is 1.08. The van der Waals surface area contributed by atoms with Gasteiger partial charge in [0.2, 0.25) is 0 Å². The van der Waals surface area contributed by atoms with E-state index in [1.807, 2.05) is 0 Å². The minimum atomic E-state index is 0.654. The van der Waals surface area contributed by atoms with Crippen LogP contribution < -0.4 is 0 Å². The second-order valence-corrected chi connectivity index (χ2v) is 1.63. The minimum Gasteiger partial charge on any atom is -0.279 e. The van der Waals surface area contributed by atoms with E-state index in [0.29, 0.717) is 6.67 Å². The van der Waals surface area contributed by atoms with Gasteiger partial charge < -0.3 is 0 Å². The Morgan fingerprint density at radius 2 is 2.67 bits per heavy atom. The van der Waals surface area contributed by atoms with Crippen LogP contribution in [0.3, 0.4) is 0 Å². The summed E-state index contributed by atoms with van der Waals surface area (Å²) in [6.07, 6.45) is 1.80. The number of halogens is 1. The van der Waals surface area contributed by atoms with Crippen LogP contribution in [0, 0.1) is 0 Å². The molecule has 0 N–H and O–H groups in total. The van der Waals surface area contributed by atoms with Crippen LogP contribution in [-0.2, 0) is 0 Å². The monoisotopic (exact) mass is 104 g/mol. The van der Waals surface area contributed by atoms with Gasteiger partial charge >= 0.3 is 0 Å². The van der Waals surface area contributed by atoms with Gasteiger partial charge in [0.05, 0.1) is 6.54 Å². The lowest BCUT2D eigenvalue weighted by atomic mass is 10.8. The van der Waals surface area contributed by atoms with Gasteiger partial charge in [-0.3, -0.25) is 4.99 Å². The van der Waals surface area contributed by atoms with Gasteiger partial charge in [0, 0.05) is 6.21 Å². The molecule has 0 atom stereocenters. The van der Waals surface area contributed by atoms with Crippen molar-refractivity contribution in [3.8, 4) is 0 Å². The zero-order valence-corrected chi connectivity index (χ0v) is 4.02. The smallest absolute Gasteiger partial charge is 0.105 e. The lowest BCUT2D eigenvalue weighted by Gasteiger charge is -1.94. The van der Waals surface area contributed by atoms with E-state index in [1.165, 1.54) is 0 Å². The fourth-order valence-electron chi connectivity index (χ4n) is 0.350. The van der Waals surface area contributed by atoms with Gasteiger partial charge in [0.15, 0.2) is 0 Å². The molecule has 0 aromatic heterocycles. The highest BCUT2D eigenvalue weighted by molar-refractivity contribution is 6.14. The van der Waals surface area contributed by atoms with Crippen LogP contribution in [0.4, 0.5) is 0 Å². The molecule has 0 unspecified atom stereocenters. The average molecular weight is 105 g/mol. The summed E-state index contributed by atoms with van der Waals surface area (Å²) in [6.45, 7) is 1.45. The van der Waals surface area contributed by atoms with Crippen molar-refractivity contribution in [3.05, 3.63) is 0 Å². The summed E-state index contributed by atoms with van der Waals surface area (Å²) in [4.78, 5) is 3.83. The van der Waals surface area contributed by atoms with E-state index in [1.54, 1.807) is 10.6 Å². The molecule has 0 fully saturated rings. The van der Waals surface area contributed by atoms with E-state index >= 15 is 0 Å². The van der Waals surface area contributed by atoms with Crippen LogP contribution in [0.5, 0.6) is 0 Å². The summed E-state index contributed by atoms with van der Waals surface area (Å²) in [7, 11) is 0. The molecule has 1 aliphatic rings. The fourth-order valence-corrected chi connectivity index (χ4v) is 0.474. The normalized spacial score (nSPS) is 22.8. The number of hydrogen-bond acceptors (Lipinski definition) is 2. The molecule has 1 rings (SSSR count). The molecular formula is C3H5ClN2. The van der Waals surface area contributed by atoms with Gasteiger partial charge in [-0.25, -0.2) is 0 Å². The summed E-state index contributed by atoms with van der Waals surface area (Å²) in [5, 5.41) is 0. The lowest BCUT2D eigenvalue weighted by molar-refractivity contribution is 0.570. The predicted octanol–water partition coefficient (Wildman–Crippen LogP) is 0.484. The molecule has 34 valence electrons. The Balaban J connectivity index is 2.32. The topological polar surface area (TPSA) is 15.6 Å². The van der Waals surface area contributed by atoms with Crippen molar-refractivity contribution in [2.45, 2.75) is 0 Å². The van der Waals surface area contributed by atoms with Crippen molar-refractivity contribution in [1.29, 1.82) is 0 Å². The maximum atomic E-state index is 5.42. The molecule has 0 aliphatic carbocycles. The number of hydrogen-bond donors (Lipinski definition) is 0. The minimum absolute atomic E-state index is 0.654. The standard InChI is InChI=1S/C3H5ClN2/c4-6-2-1-5-3-6/h1H,2-3H2. The van der Waals surface area contributed by atoms with E-state index < -0.39 is 0 Å². The van der Waals surface area contributed by atoms with Gasteiger partial charge in [-0.1, -0.05) is 0 Å². The van der Waals surface area contributed by atoms with E-state index in [9.17, 15) is 0 Å². The van der Waals surface area contributed by atoms with Crippen molar-refractivity contribution in [2.24, 2.45) is 4.99 Å². The average Bonchev–Trinajstić information content (AvgIpc) is 1.86. The zero-order valence-electron chi connectivity index (χ0n) is 3.26. The second kappa shape index (κ2) is 1.58. The third-order valence-corrected chi connectivity index (χ3v) is 0.889. The number of nitrogens with zero attached hydrogens (tertiary/aromatic N) is 2. The molecule has 1 heterocycles. The Morgan fingerprint density at radius 3 is 2.83 bits per heavy atom. The third kappa shape index (κ3) is 0.698. The molecule has 2 nitrogen and oxygen atoms in total. The highest BCUT2D eigenvalue weighted by Crippen LogP contribution is 1.95. The van der Waals surface area contributed by atoms with Crippen molar-refractivity contribution in [1.82, 2.24) is 4.42 Å². The maximum absolute atomic E-state index is 5.42. The Bertz CT molecular complexity index is 63.2. The van der Waals surface area contributed by atoms with Crippen LogP contribution in [-0.4, -0.2) is 23.8 Å². The van der Waals surface area contributed by atoms with Crippen LogP contribution in [0.2, 0.25) is 0 Å². The van der Waals surface area contributed by atoms with Gasteiger partial charge in [-0.05, 0) is 11.8 Å². The zero-order chi connectivity index (χ0) is 4.41. The Labute approximate surface area is 41.5 Å². The highest BCUT2D eigenvalue weighted by Gasteiger charge is 1.99. The first-order valence-corrected chi connectivity index (χ1v) is 2.12. The summed E-state index contributed by atoms with van der Waals surface area (Å²) < 4.78 is 1.61. The van der Waals surface area contributed by atoms with E-state index in [2.05, 4.69) is 4.99 Å². The Hall–Kier alpha value is -0.0800. The van der Waals surface area contributed by atoms with E-state index in [-0.39, 0.29) is 0 Å². The molecule has 0 saturated heterocycles. The molecule has 1 aliphatic heterocycles. The first-order valence-electron chi connectivity index (χ1n) is 1.78. The molecule has 0 aromatic rings. The molecule has 3 heteroatoms. The van der Waals surface area contributed by atoms with Crippen molar-refractivity contribution >= 4 is 18.0 Å². The Morgan fingerprint density at radius 1 is 1.83 bits per heavy atom.